The summed E-state index contributed by atoms with van der Waals surface area (Å²) < 4.78 is 5.61. The first-order valence-corrected chi connectivity index (χ1v) is 8.64. The van der Waals surface area contributed by atoms with Crippen LogP contribution in [0.2, 0.25) is 0 Å². The summed E-state index contributed by atoms with van der Waals surface area (Å²) in [6.45, 7) is 3.17. The quantitative estimate of drug-likeness (QED) is 0.885. The van der Waals surface area contributed by atoms with Gasteiger partial charge in [-0.15, -0.1) is 36.2 Å². The van der Waals surface area contributed by atoms with E-state index in [0.29, 0.717) is 12.0 Å². The van der Waals surface area contributed by atoms with Gasteiger partial charge in [-0.1, -0.05) is 12.5 Å². The predicted molar refractivity (Wildman–Crippen MR) is 98.4 cm³/mol. The highest BCUT2D eigenvalue weighted by molar-refractivity contribution is 7.13. The Balaban J connectivity index is 0.000000960. The fraction of sp³-hybridized carbons (Fsp3) is 0.562. The van der Waals surface area contributed by atoms with E-state index in [2.05, 4.69) is 9.88 Å². The molecule has 2 aromatic rings. The van der Waals surface area contributed by atoms with E-state index in [-0.39, 0.29) is 24.8 Å². The van der Waals surface area contributed by atoms with Crippen molar-refractivity contribution in [3.05, 3.63) is 29.5 Å². The van der Waals surface area contributed by atoms with Gasteiger partial charge in [-0.3, -0.25) is 4.90 Å². The number of hydrogen-bond acceptors (Lipinski definition) is 5. The number of nitrogens with zero attached hydrogens (tertiary/aromatic N) is 2. The van der Waals surface area contributed by atoms with E-state index < -0.39 is 0 Å². The molecule has 1 saturated carbocycles. The van der Waals surface area contributed by atoms with Crippen LogP contribution in [0.25, 0.3) is 10.8 Å². The minimum Gasteiger partial charge on any atom is -0.444 e. The molecule has 4 rings (SSSR count). The minimum absolute atomic E-state index is 0. The summed E-state index contributed by atoms with van der Waals surface area (Å²) in [6, 6.07) is 4.47. The Morgan fingerprint density at radius 3 is 2.91 bits per heavy atom. The van der Waals surface area contributed by atoms with Gasteiger partial charge in [0.05, 0.1) is 10.6 Å². The molecule has 3 unspecified atom stereocenters. The fourth-order valence-corrected chi connectivity index (χ4v) is 4.52. The molecule has 1 saturated heterocycles. The molecule has 0 bridgehead atoms. The van der Waals surface area contributed by atoms with E-state index >= 15 is 0 Å². The second kappa shape index (κ2) is 7.99. The van der Waals surface area contributed by atoms with Crippen molar-refractivity contribution in [3.63, 3.8) is 0 Å². The SMILES string of the molecule is Cl.Cl.NC1CCCC2CN(Cc3coc(-c4cccs4)n3)CC12. The summed E-state index contributed by atoms with van der Waals surface area (Å²) in [5.74, 6) is 2.22. The highest BCUT2D eigenvalue weighted by Gasteiger charge is 2.38. The third kappa shape index (κ3) is 3.91. The standard InChI is InChI=1S/C16H21N3OS.2ClH/c17-14-4-1-3-11-7-19(9-13(11)14)8-12-10-20-16(18-12)15-5-2-6-21-15;;/h2,5-6,10-11,13-14H,1,3-4,7-9,17H2;2*1H. The molecule has 0 amide bonds. The topological polar surface area (TPSA) is 55.3 Å². The van der Waals surface area contributed by atoms with Crippen molar-refractivity contribution in [1.82, 2.24) is 9.88 Å². The zero-order chi connectivity index (χ0) is 14.2. The van der Waals surface area contributed by atoms with Crippen LogP contribution < -0.4 is 5.73 Å². The molecule has 1 aliphatic carbocycles. The number of aromatic nitrogens is 1. The van der Waals surface area contributed by atoms with Gasteiger partial charge in [0, 0.05) is 25.7 Å². The summed E-state index contributed by atoms with van der Waals surface area (Å²) in [7, 11) is 0. The van der Waals surface area contributed by atoms with Crippen LogP contribution in [-0.4, -0.2) is 29.0 Å². The molecule has 3 atom stereocenters. The van der Waals surface area contributed by atoms with E-state index in [1.807, 2.05) is 17.5 Å². The van der Waals surface area contributed by atoms with Gasteiger partial charge in [0.2, 0.25) is 5.89 Å². The molecule has 0 spiro atoms. The Morgan fingerprint density at radius 2 is 2.17 bits per heavy atom. The highest BCUT2D eigenvalue weighted by Crippen LogP contribution is 2.36. The monoisotopic (exact) mass is 375 g/mol. The first kappa shape index (κ1) is 18.7. The lowest BCUT2D eigenvalue weighted by molar-refractivity contribution is 0.259. The van der Waals surface area contributed by atoms with Gasteiger partial charge in [0.15, 0.2) is 0 Å². The number of nitrogens with two attached hydrogens (primary N) is 1. The molecular formula is C16H23Cl2N3OS. The van der Waals surface area contributed by atoms with E-state index in [1.54, 1.807) is 17.6 Å². The average Bonchev–Trinajstić information content (AvgIpc) is 3.18. The molecule has 2 aromatic heterocycles. The molecule has 2 fully saturated rings. The van der Waals surface area contributed by atoms with Crippen LogP contribution in [0.15, 0.2) is 28.2 Å². The number of likely N-dealkylation sites (tertiary alicyclic amines) is 1. The molecule has 23 heavy (non-hydrogen) atoms. The Morgan fingerprint density at radius 1 is 1.30 bits per heavy atom. The van der Waals surface area contributed by atoms with Crippen LogP contribution in [0.1, 0.15) is 25.0 Å². The van der Waals surface area contributed by atoms with Crippen molar-refractivity contribution in [2.75, 3.05) is 13.1 Å². The second-order valence-electron chi connectivity index (χ2n) is 6.33. The Hall–Kier alpha value is -0.590. The maximum absolute atomic E-state index is 6.28. The highest BCUT2D eigenvalue weighted by atomic mass is 35.5. The van der Waals surface area contributed by atoms with E-state index in [1.165, 1.54) is 25.8 Å². The van der Waals surface area contributed by atoms with Crippen molar-refractivity contribution >= 4 is 36.2 Å². The molecule has 0 aromatic carbocycles. The number of rotatable bonds is 3. The Kier molecular flexibility index (Phi) is 6.51. The molecule has 1 aliphatic heterocycles. The Labute approximate surface area is 153 Å². The summed E-state index contributed by atoms with van der Waals surface area (Å²) in [5, 5.41) is 2.05. The van der Waals surface area contributed by atoms with Crippen LogP contribution in [-0.2, 0) is 6.54 Å². The number of fused-ring (bicyclic) bond motifs is 1. The maximum Gasteiger partial charge on any atom is 0.236 e. The zero-order valence-corrected chi connectivity index (χ0v) is 15.3. The van der Waals surface area contributed by atoms with Crippen LogP contribution in [0, 0.1) is 11.8 Å². The molecule has 7 heteroatoms. The van der Waals surface area contributed by atoms with Gasteiger partial charge >= 0.3 is 0 Å². The van der Waals surface area contributed by atoms with Crippen molar-refractivity contribution < 1.29 is 4.42 Å². The predicted octanol–water partition coefficient (Wildman–Crippen LogP) is 3.81. The van der Waals surface area contributed by atoms with Gasteiger partial charge < -0.3 is 10.2 Å². The molecule has 2 N–H and O–H groups in total. The van der Waals surface area contributed by atoms with Gasteiger partial charge in [0.25, 0.3) is 0 Å². The van der Waals surface area contributed by atoms with Crippen LogP contribution in [0.3, 0.4) is 0 Å². The summed E-state index contributed by atoms with van der Waals surface area (Å²) >= 11 is 1.66. The first-order chi connectivity index (χ1) is 10.3. The molecular weight excluding hydrogens is 353 g/mol. The first-order valence-electron chi connectivity index (χ1n) is 7.76. The third-order valence-electron chi connectivity index (χ3n) is 4.90. The Bertz CT molecular complexity index is 604. The molecule has 0 radical (unpaired) electrons. The molecule has 4 nitrogen and oxygen atoms in total. The lowest BCUT2D eigenvalue weighted by Gasteiger charge is -2.29. The molecule has 3 heterocycles. The summed E-state index contributed by atoms with van der Waals surface area (Å²) in [6.07, 6.45) is 5.63. The number of halogens is 2. The van der Waals surface area contributed by atoms with Gasteiger partial charge in [-0.2, -0.15) is 0 Å². The normalized spacial score (nSPS) is 27.1. The largest absolute Gasteiger partial charge is 0.444 e. The smallest absolute Gasteiger partial charge is 0.236 e. The number of hydrogen-bond donors (Lipinski definition) is 1. The molecule has 2 aliphatic rings. The summed E-state index contributed by atoms with van der Waals surface area (Å²) in [5.41, 5.74) is 7.32. The van der Waals surface area contributed by atoms with Crippen LogP contribution >= 0.6 is 36.2 Å². The third-order valence-corrected chi connectivity index (χ3v) is 5.76. The van der Waals surface area contributed by atoms with Crippen LogP contribution in [0.4, 0.5) is 0 Å². The van der Waals surface area contributed by atoms with Crippen molar-refractivity contribution in [1.29, 1.82) is 0 Å². The van der Waals surface area contributed by atoms with Gasteiger partial charge in [0.1, 0.15) is 6.26 Å². The van der Waals surface area contributed by atoms with Crippen molar-refractivity contribution in [2.24, 2.45) is 17.6 Å². The van der Waals surface area contributed by atoms with Crippen molar-refractivity contribution in [3.8, 4) is 10.8 Å². The minimum atomic E-state index is 0. The lowest BCUT2D eigenvalue weighted by Crippen LogP contribution is -2.38. The van der Waals surface area contributed by atoms with E-state index in [9.17, 15) is 0 Å². The zero-order valence-electron chi connectivity index (χ0n) is 12.9. The van der Waals surface area contributed by atoms with Crippen molar-refractivity contribution in [2.45, 2.75) is 31.8 Å². The molecule has 128 valence electrons. The fourth-order valence-electron chi connectivity index (χ4n) is 3.86. The van der Waals surface area contributed by atoms with Gasteiger partial charge in [-0.05, 0) is 36.1 Å². The van der Waals surface area contributed by atoms with Crippen LogP contribution in [0.5, 0.6) is 0 Å². The maximum atomic E-state index is 6.28. The number of thiophene rings is 1. The van der Waals surface area contributed by atoms with Gasteiger partial charge in [-0.25, -0.2) is 4.98 Å². The summed E-state index contributed by atoms with van der Waals surface area (Å²) in [4.78, 5) is 8.22. The van der Waals surface area contributed by atoms with E-state index in [4.69, 9.17) is 10.2 Å². The average molecular weight is 376 g/mol. The van der Waals surface area contributed by atoms with E-state index in [0.717, 1.165) is 35.5 Å². The lowest BCUT2D eigenvalue weighted by atomic mass is 9.78. The number of oxazole rings is 1. The second-order valence-corrected chi connectivity index (χ2v) is 7.28.